The van der Waals surface area contributed by atoms with Crippen molar-refractivity contribution in [3.05, 3.63) is 18.2 Å². The number of nitrogens with zero attached hydrogens (tertiary/aromatic N) is 1. The van der Waals surface area contributed by atoms with E-state index in [4.69, 9.17) is 9.47 Å². The molecule has 0 spiro atoms. The van der Waals surface area contributed by atoms with E-state index in [-0.39, 0.29) is 6.10 Å². The Hall–Kier alpha value is -1.32. The summed E-state index contributed by atoms with van der Waals surface area (Å²) in [5.41, 5.74) is 0. The van der Waals surface area contributed by atoms with Crippen molar-refractivity contribution >= 4 is 0 Å². The summed E-state index contributed by atoms with van der Waals surface area (Å²) in [6.07, 6.45) is 3.63. The van der Waals surface area contributed by atoms with Crippen LogP contribution >= 0.6 is 0 Å². The molecular weight excluding hydrogens is 173 g/mol. The number of methoxy groups -OCH3 is 1. The molecule has 0 radical (unpaired) electrons. The fourth-order valence-electron chi connectivity index (χ4n) is 1.01. The Balaban J connectivity index is 2.22. The predicted octanol–water partition coefficient (Wildman–Crippen LogP) is 1.77. The van der Waals surface area contributed by atoms with E-state index < -0.39 is 5.95 Å². The third kappa shape index (κ3) is 1.88. The van der Waals surface area contributed by atoms with Gasteiger partial charge in [-0.25, -0.2) is 4.98 Å². The first-order valence-corrected chi connectivity index (χ1v) is 4.16. The Bertz CT molecular complexity index is 312. The highest BCUT2D eigenvalue weighted by molar-refractivity contribution is 5.37. The molecule has 4 heteroatoms. The molecule has 0 unspecified atom stereocenters. The van der Waals surface area contributed by atoms with Crippen LogP contribution in [0.3, 0.4) is 0 Å². The summed E-state index contributed by atoms with van der Waals surface area (Å²) in [4.78, 5) is 3.47. The maximum absolute atomic E-state index is 12.7. The molecule has 1 saturated carbocycles. The highest BCUT2D eigenvalue weighted by atomic mass is 19.1. The molecule has 2 rings (SSSR count). The molecule has 1 fully saturated rings. The normalized spacial score (nSPS) is 15.5. The molecule has 0 aliphatic heterocycles. The summed E-state index contributed by atoms with van der Waals surface area (Å²) in [6, 6.07) is 1.25. The van der Waals surface area contributed by atoms with Gasteiger partial charge in [-0.3, -0.25) is 0 Å². The zero-order valence-corrected chi connectivity index (χ0v) is 7.29. The first kappa shape index (κ1) is 8.29. The lowest BCUT2D eigenvalue weighted by molar-refractivity contribution is 0.279. The number of rotatable bonds is 3. The molecule has 0 saturated heterocycles. The number of hydrogen-bond acceptors (Lipinski definition) is 3. The van der Waals surface area contributed by atoms with Gasteiger partial charge in [0.05, 0.1) is 19.4 Å². The van der Waals surface area contributed by atoms with E-state index in [0.717, 1.165) is 12.8 Å². The Kier molecular flexibility index (Phi) is 2.04. The fourth-order valence-corrected chi connectivity index (χ4v) is 1.01. The second-order valence-electron chi connectivity index (χ2n) is 2.98. The smallest absolute Gasteiger partial charge is 0.216 e. The van der Waals surface area contributed by atoms with E-state index in [1.54, 1.807) is 0 Å². The molecule has 0 amide bonds. The maximum Gasteiger partial charge on any atom is 0.216 e. The van der Waals surface area contributed by atoms with Crippen LogP contribution in [0.1, 0.15) is 12.8 Å². The van der Waals surface area contributed by atoms with Gasteiger partial charge in [0.1, 0.15) is 0 Å². The molecule has 13 heavy (non-hydrogen) atoms. The summed E-state index contributed by atoms with van der Waals surface area (Å²) in [6.45, 7) is 0. The molecular formula is C9H10FNO2. The van der Waals surface area contributed by atoms with Crippen LogP contribution in [0.4, 0.5) is 4.39 Å². The van der Waals surface area contributed by atoms with Crippen LogP contribution in [0.5, 0.6) is 11.5 Å². The summed E-state index contributed by atoms with van der Waals surface area (Å²) < 4.78 is 23.1. The second-order valence-corrected chi connectivity index (χ2v) is 2.98. The SMILES string of the molecule is COc1cnc(F)cc1OC1CC1. The van der Waals surface area contributed by atoms with Gasteiger partial charge in [-0.2, -0.15) is 4.39 Å². The maximum atomic E-state index is 12.7. The van der Waals surface area contributed by atoms with Crippen molar-refractivity contribution in [1.29, 1.82) is 0 Å². The summed E-state index contributed by atoms with van der Waals surface area (Å²) >= 11 is 0. The molecule has 1 aliphatic carbocycles. The van der Waals surface area contributed by atoms with Crippen molar-refractivity contribution < 1.29 is 13.9 Å². The third-order valence-electron chi connectivity index (χ3n) is 1.84. The summed E-state index contributed by atoms with van der Waals surface area (Å²) in [7, 11) is 1.51. The minimum absolute atomic E-state index is 0.232. The standard InChI is InChI=1S/C9H10FNO2/c1-12-8-5-11-9(10)4-7(8)13-6-2-3-6/h4-6H,2-3H2,1H3. The fraction of sp³-hybridized carbons (Fsp3) is 0.444. The number of pyridine rings is 1. The molecule has 3 nitrogen and oxygen atoms in total. The van der Waals surface area contributed by atoms with Crippen molar-refractivity contribution in [2.75, 3.05) is 7.11 Å². The lowest BCUT2D eigenvalue weighted by Crippen LogP contribution is -1.99. The number of hydrogen-bond donors (Lipinski definition) is 0. The van der Waals surface area contributed by atoms with Gasteiger partial charge in [0.2, 0.25) is 5.95 Å². The van der Waals surface area contributed by atoms with Crippen LogP contribution in [0.25, 0.3) is 0 Å². The first-order valence-electron chi connectivity index (χ1n) is 4.16. The lowest BCUT2D eigenvalue weighted by Gasteiger charge is -2.08. The van der Waals surface area contributed by atoms with E-state index >= 15 is 0 Å². The van der Waals surface area contributed by atoms with Gasteiger partial charge in [-0.1, -0.05) is 0 Å². The van der Waals surface area contributed by atoms with Crippen molar-refractivity contribution in [2.45, 2.75) is 18.9 Å². The first-order chi connectivity index (χ1) is 6.29. The molecule has 1 aromatic rings. The molecule has 0 bridgehead atoms. The van der Waals surface area contributed by atoms with Crippen LogP contribution in [-0.4, -0.2) is 18.2 Å². The van der Waals surface area contributed by atoms with Gasteiger partial charge in [0.25, 0.3) is 0 Å². The van der Waals surface area contributed by atoms with Gasteiger partial charge in [-0.05, 0) is 12.8 Å². The van der Waals surface area contributed by atoms with Gasteiger partial charge in [0, 0.05) is 6.07 Å². The molecule has 0 N–H and O–H groups in total. The Morgan fingerprint density at radius 3 is 2.85 bits per heavy atom. The minimum atomic E-state index is -0.545. The average Bonchev–Trinajstić information content (AvgIpc) is 2.89. The minimum Gasteiger partial charge on any atom is -0.491 e. The average molecular weight is 183 g/mol. The number of aromatic nitrogens is 1. The van der Waals surface area contributed by atoms with Crippen molar-refractivity contribution in [3.63, 3.8) is 0 Å². The molecule has 70 valence electrons. The molecule has 1 heterocycles. The number of ether oxygens (including phenoxy) is 2. The Morgan fingerprint density at radius 2 is 2.23 bits per heavy atom. The molecule has 1 aliphatic rings. The molecule has 0 aromatic carbocycles. The van der Waals surface area contributed by atoms with Crippen LogP contribution in [0.2, 0.25) is 0 Å². The van der Waals surface area contributed by atoms with E-state index in [9.17, 15) is 4.39 Å². The topological polar surface area (TPSA) is 31.4 Å². The largest absolute Gasteiger partial charge is 0.491 e. The second kappa shape index (κ2) is 3.20. The lowest BCUT2D eigenvalue weighted by atomic mass is 10.4. The highest BCUT2D eigenvalue weighted by Gasteiger charge is 2.25. The van der Waals surface area contributed by atoms with Crippen molar-refractivity contribution in [1.82, 2.24) is 4.98 Å². The monoisotopic (exact) mass is 183 g/mol. The van der Waals surface area contributed by atoms with Crippen LogP contribution in [0, 0.1) is 5.95 Å². The van der Waals surface area contributed by atoms with Crippen LogP contribution < -0.4 is 9.47 Å². The quantitative estimate of drug-likeness (QED) is 0.669. The Labute approximate surface area is 75.5 Å². The van der Waals surface area contributed by atoms with E-state index in [0.29, 0.717) is 11.5 Å². The van der Waals surface area contributed by atoms with E-state index in [1.165, 1.54) is 19.4 Å². The van der Waals surface area contributed by atoms with Crippen LogP contribution in [0.15, 0.2) is 12.3 Å². The van der Waals surface area contributed by atoms with Crippen LogP contribution in [-0.2, 0) is 0 Å². The Morgan fingerprint density at radius 1 is 1.46 bits per heavy atom. The van der Waals surface area contributed by atoms with Gasteiger partial charge < -0.3 is 9.47 Å². The van der Waals surface area contributed by atoms with Crippen molar-refractivity contribution in [2.24, 2.45) is 0 Å². The predicted molar refractivity (Wildman–Crippen MR) is 44.4 cm³/mol. The van der Waals surface area contributed by atoms with Gasteiger partial charge >= 0.3 is 0 Å². The zero-order chi connectivity index (χ0) is 9.26. The van der Waals surface area contributed by atoms with Crippen molar-refractivity contribution in [3.8, 4) is 11.5 Å². The molecule has 0 atom stereocenters. The van der Waals surface area contributed by atoms with E-state index in [2.05, 4.69) is 4.98 Å². The summed E-state index contributed by atoms with van der Waals surface area (Å²) in [5.74, 6) is 0.377. The highest BCUT2D eigenvalue weighted by Crippen LogP contribution is 2.32. The zero-order valence-electron chi connectivity index (χ0n) is 7.29. The molecule has 1 aromatic heterocycles. The third-order valence-corrected chi connectivity index (χ3v) is 1.84. The van der Waals surface area contributed by atoms with Gasteiger partial charge in [-0.15, -0.1) is 0 Å². The summed E-state index contributed by atoms with van der Waals surface area (Å²) in [5, 5.41) is 0. The number of halogens is 1. The van der Waals surface area contributed by atoms with Gasteiger partial charge in [0.15, 0.2) is 11.5 Å². The van der Waals surface area contributed by atoms with E-state index in [1.807, 2.05) is 0 Å².